The number of thiophene rings is 1. The van der Waals surface area contributed by atoms with Crippen LogP contribution in [0.15, 0.2) is 40.2 Å². The van der Waals surface area contributed by atoms with Crippen molar-refractivity contribution in [3.63, 3.8) is 0 Å². The van der Waals surface area contributed by atoms with E-state index in [1.165, 1.54) is 0 Å². The maximum atomic E-state index is 9.96. The minimum absolute atomic E-state index is 0.0179. The van der Waals surface area contributed by atoms with Crippen LogP contribution in [0.25, 0.3) is 0 Å². The molecule has 1 atom stereocenters. The van der Waals surface area contributed by atoms with Gasteiger partial charge in [-0.2, -0.15) is 11.3 Å². The number of halogens is 1. The highest BCUT2D eigenvalue weighted by atomic mass is 35.5. The zero-order valence-electron chi connectivity index (χ0n) is 11.2. The topological polar surface area (TPSA) is 90.9 Å². The van der Waals surface area contributed by atoms with E-state index in [0.717, 1.165) is 11.1 Å². The van der Waals surface area contributed by atoms with Crippen LogP contribution in [0, 0.1) is 0 Å². The number of nitrogens with zero attached hydrogens (tertiary/aromatic N) is 1. The van der Waals surface area contributed by atoms with Crippen molar-refractivity contribution in [1.82, 2.24) is 5.32 Å². The molecular weight excluding hydrogens is 310 g/mol. The monoisotopic (exact) mass is 325 g/mol. The number of hydrogen-bond donors (Lipinski definition) is 4. The molecule has 1 unspecified atom stereocenters. The van der Waals surface area contributed by atoms with E-state index < -0.39 is 6.10 Å². The van der Waals surface area contributed by atoms with E-state index >= 15 is 0 Å². The molecule has 0 fully saturated rings. The third-order valence-corrected chi connectivity index (χ3v) is 4.09. The lowest BCUT2D eigenvalue weighted by Crippen LogP contribution is -2.21. The van der Waals surface area contributed by atoms with Crippen molar-refractivity contribution in [1.29, 1.82) is 0 Å². The third kappa shape index (κ3) is 4.18. The molecule has 0 aliphatic carbocycles. The van der Waals surface area contributed by atoms with Crippen molar-refractivity contribution < 1.29 is 10.3 Å². The second-order valence-electron chi connectivity index (χ2n) is 4.49. The Balaban J connectivity index is 1.92. The van der Waals surface area contributed by atoms with Crippen LogP contribution in [0.5, 0.6) is 0 Å². The Labute approximate surface area is 131 Å². The summed E-state index contributed by atoms with van der Waals surface area (Å²) in [5, 5.41) is 29.0. The van der Waals surface area contributed by atoms with Gasteiger partial charge in [0.1, 0.15) is 0 Å². The van der Waals surface area contributed by atoms with Crippen LogP contribution in [0.1, 0.15) is 22.8 Å². The molecular formula is C14H16ClN3O2S. The largest absolute Gasteiger partial charge is 0.409 e. The van der Waals surface area contributed by atoms with Crippen LogP contribution < -0.4 is 11.1 Å². The quantitative estimate of drug-likeness (QED) is 0.284. The predicted octanol–water partition coefficient (Wildman–Crippen LogP) is 2.32. The molecule has 0 aliphatic heterocycles. The van der Waals surface area contributed by atoms with E-state index in [9.17, 15) is 5.11 Å². The van der Waals surface area contributed by atoms with Crippen LogP contribution in [-0.4, -0.2) is 22.7 Å². The molecule has 0 bridgehead atoms. The molecule has 0 spiro atoms. The van der Waals surface area contributed by atoms with E-state index in [4.69, 9.17) is 22.5 Å². The summed E-state index contributed by atoms with van der Waals surface area (Å²) in [4.78, 5) is 0. The molecule has 0 saturated carbocycles. The van der Waals surface area contributed by atoms with E-state index in [0.29, 0.717) is 23.7 Å². The van der Waals surface area contributed by atoms with Gasteiger partial charge in [0.2, 0.25) is 0 Å². The van der Waals surface area contributed by atoms with Crippen molar-refractivity contribution in [3.05, 3.63) is 56.7 Å². The second kappa shape index (κ2) is 7.42. The van der Waals surface area contributed by atoms with E-state index in [1.807, 2.05) is 16.8 Å². The molecule has 1 aromatic heterocycles. The van der Waals surface area contributed by atoms with Crippen LogP contribution in [0.4, 0.5) is 0 Å². The Bertz CT molecular complexity index is 617. The minimum atomic E-state index is -0.536. The molecule has 0 aliphatic rings. The van der Waals surface area contributed by atoms with Gasteiger partial charge in [-0.25, -0.2) is 0 Å². The SMILES string of the molecule is N/C(=N/O)c1ccc(CNCC(O)c2ccsc2)c(Cl)c1. The Morgan fingerprint density at radius 1 is 1.43 bits per heavy atom. The number of oxime groups is 1. The van der Waals surface area contributed by atoms with Gasteiger partial charge in [-0.15, -0.1) is 0 Å². The summed E-state index contributed by atoms with van der Waals surface area (Å²) < 4.78 is 0. The molecule has 1 heterocycles. The standard InChI is InChI=1S/C14H16ClN3O2S/c15-12-5-9(14(16)18-20)1-2-10(12)6-17-7-13(19)11-3-4-21-8-11/h1-5,8,13,17,19-20H,6-7H2,(H2,16,18). The van der Waals surface area contributed by atoms with Gasteiger partial charge in [0.05, 0.1) is 6.10 Å². The van der Waals surface area contributed by atoms with E-state index in [1.54, 1.807) is 29.5 Å². The number of benzene rings is 1. The highest BCUT2D eigenvalue weighted by molar-refractivity contribution is 7.07. The summed E-state index contributed by atoms with van der Waals surface area (Å²) in [5.41, 5.74) is 7.84. The van der Waals surface area contributed by atoms with Gasteiger partial charge in [0.25, 0.3) is 0 Å². The molecule has 7 heteroatoms. The Kier molecular flexibility index (Phi) is 5.58. The summed E-state index contributed by atoms with van der Waals surface area (Å²) >= 11 is 7.71. The van der Waals surface area contributed by atoms with E-state index in [2.05, 4.69) is 10.5 Å². The molecule has 0 saturated heterocycles. The molecule has 5 nitrogen and oxygen atoms in total. The Morgan fingerprint density at radius 2 is 2.24 bits per heavy atom. The number of rotatable bonds is 6. The Hall–Kier alpha value is -1.60. The van der Waals surface area contributed by atoms with Crippen molar-refractivity contribution >= 4 is 28.8 Å². The highest BCUT2D eigenvalue weighted by Gasteiger charge is 2.09. The third-order valence-electron chi connectivity index (χ3n) is 3.04. The fourth-order valence-corrected chi connectivity index (χ4v) is 2.79. The second-order valence-corrected chi connectivity index (χ2v) is 5.68. The van der Waals surface area contributed by atoms with Gasteiger partial charge in [-0.1, -0.05) is 28.9 Å². The first-order valence-corrected chi connectivity index (χ1v) is 7.61. The summed E-state index contributed by atoms with van der Waals surface area (Å²) in [6.45, 7) is 0.964. The first-order chi connectivity index (χ1) is 10.1. The fraction of sp³-hybridized carbons (Fsp3) is 0.214. The smallest absolute Gasteiger partial charge is 0.170 e. The van der Waals surface area contributed by atoms with Gasteiger partial charge >= 0.3 is 0 Å². The lowest BCUT2D eigenvalue weighted by atomic mass is 10.1. The first-order valence-electron chi connectivity index (χ1n) is 6.29. The molecule has 2 aromatic rings. The fourth-order valence-electron chi connectivity index (χ4n) is 1.83. The summed E-state index contributed by atoms with van der Waals surface area (Å²) in [6.07, 6.45) is -0.536. The normalized spacial score (nSPS) is 13.3. The number of aliphatic hydroxyl groups is 1. The van der Waals surface area contributed by atoms with Gasteiger partial charge in [0.15, 0.2) is 5.84 Å². The average molecular weight is 326 g/mol. The number of nitrogens with two attached hydrogens (primary N) is 1. The van der Waals surface area contributed by atoms with Crippen molar-refractivity contribution in [2.75, 3.05) is 6.54 Å². The van der Waals surface area contributed by atoms with Crippen LogP contribution >= 0.6 is 22.9 Å². The summed E-state index contributed by atoms with van der Waals surface area (Å²) in [6, 6.07) is 7.08. The van der Waals surface area contributed by atoms with Gasteiger partial charge in [-0.05, 0) is 34.0 Å². The van der Waals surface area contributed by atoms with Crippen molar-refractivity contribution in [2.45, 2.75) is 12.6 Å². The predicted molar refractivity (Wildman–Crippen MR) is 84.9 cm³/mol. The molecule has 5 N–H and O–H groups in total. The molecule has 0 radical (unpaired) electrons. The van der Waals surface area contributed by atoms with Gasteiger partial charge < -0.3 is 21.4 Å². The van der Waals surface area contributed by atoms with Gasteiger partial charge in [-0.3, -0.25) is 0 Å². The zero-order valence-corrected chi connectivity index (χ0v) is 12.7. The van der Waals surface area contributed by atoms with Crippen LogP contribution in [0.2, 0.25) is 5.02 Å². The van der Waals surface area contributed by atoms with Gasteiger partial charge in [0, 0.05) is 23.7 Å². The van der Waals surface area contributed by atoms with Crippen LogP contribution in [0.3, 0.4) is 0 Å². The lowest BCUT2D eigenvalue weighted by molar-refractivity contribution is 0.175. The number of hydrogen-bond acceptors (Lipinski definition) is 5. The molecule has 2 rings (SSSR count). The molecule has 0 amide bonds. The molecule has 21 heavy (non-hydrogen) atoms. The minimum Gasteiger partial charge on any atom is -0.409 e. The van der Waals surface area contributed by atoms with E-state index in [-0.39, 0.29) is 5.84 Å². The highest BCUT2D eigenvalue weighted by Crippen LogP contribution is 2.19. The number of aliphatic hydroxyl groups excluding tert-OH is 1. The number of amidine groups is 1. The van der Waals surface area contributed by atoms with Crippen LogP contribution in [-0.2, 0) is 6.54 Å². The number of nitrogens with one attached hydrogen (secondary N) is 1. The maximum Gasteiger partial charge on any atom is 0.170 e. The molecule has 112 valence electrons. The molecule has 1 aromatic carbocycles. The Morgan fingerprint density at radius 3 is 2.86 bits per heavy atom. The summed E-state index contributed by atoms with van der Waals surface area (Å²) in [5.74, 6) is 0.0179. The van der Waals surface area contributed by atoms with Crippen molar-refractivity contribution in [3.8, 4) is 0 Å². The summed E-state index contributed by atoms with van der Waals surface area (Å²) in [7, 11) is 0. The average Bonchev–Trinajstić information content (AvgIpc) is 3.02. The lowest BCUT2D eigenvalue weighted by Gasteiger charge is -2.12. The van der Waals surface area contributed by atoms with Crippen molar-refractivity contribution in [2.24, 2.45) is 10.9 Å². The first kappa shape index (κ1) is 15.8. The maximum absolute atomic E-state index is 9.96. The zero-order chi connectivity index (χ0) is 15.2.